The Morgan fingerprint density at radius 3 is 2.59 bits per heavy atom. The van der Waals surface area contributed by atoms with Crippen LogP contribution in [0.5, 0.6) is 0 Å². The molecule has 94 valence electrons. The summed E-state index contributed by atoms with van der Waals surface area (Å²) >= 11 is 0. The van der Waals surface area contributed by atoms with Crippen LogP contribution in [-0.4, -0.2) is 16.1 Å². The summed E-state index contributed by atoms with van der Waals surface area (Å²) in [6.07, 6.45) is 3.06. The van der Waals surface area contributed by atoms with Crippen molar-refractivity contribution in [2.45, 2.75) is 46.0 Å². The molecule has 0 spiro atoms. The second-order valence-electron chi connectivity index (χ2n) is 5.36. The molecular weight excluding hydrogens is 218 g/mol. The van der Waals surface area contributed by atoms with Gasteiger partial charge in [-0.1, -0.05) is 20.8 Å². The minimum Gasteiger partial charge on any atom is -0.475 e. The molecule has 4 heteroatoms. The topological polar surface area (TPSA) is 63.3 Å². The standard InChI is InChI=1S/C13H19NO3/c1-7(2)6-10-11(13(15)16)17-12(14-10)8(3)9-4-5-9/h7-9H,4-6H2,1-3H3,(H,15,16). The molecule has 17 heavy (non-hydrogen) atoms. The monoisotopic (exact) mass is 237 g/mol. The van der Waals surface area contributed by atoms with Crippen LogP contribution in [0.1, 0.15) is 61.7 Å². The van der Waals surface area contributed by atoms with Gasteiger partial charge in [-0.25, -0.2) is 9.78 Å². The van der Waals surface area contributed by atoms with E-state index in [-0.39, 0.29) is 11.7 Å². The Morgan fingerprint density at radius 2 is 2.12 bits per heavy atom. The molecule has 1 atom stereocenters. The Hall–Kier alpha value is -1.32. The molecule has 1 saturated carbocycles. The molecule has 0 radical (unpaired) electrons. The van der Waals surface area contributed by atoms with Gasteiger partial charge in [0.1, 0.15) is 0 Å². The molecule has 1 unspecified atom stereocenters. The molecule has 1 aromatic rings. The number of aromatic carboxylic acids is 1. The summed E-state index contributed by atoms with van der Waals surface area (Å²) in [6, 6.07) is 0. The summed E-state index contributed by atoms with van der Waals surface area (Å²) in [5, 5.41) is 9.09. The van der Waals surface area contributed by atoms with Crippen molar-refractivity contribution in [2.75, 3.05) is 0 Å². The Kier molecular flexibility index (Phi) is 3.22. The fraction of sp³-hybridized carbons (Fsp3) is 0.692. The first-order chi connectivity index (χ1) is 7.99. The van der Waals surface area contributed by atoms with Crippen molar-refractivity contribution >= 4 is 5.97 Å². The molecule has 1 aliphatic rings. The lowest BCUT2D eigenvalue weighted by atomic mass is 10.1. The van der Waals surface area contributed by atoms with E-state index in [2.05, 4.69) is 11.9 Å². The normalized spacial score (nSPS) is 17.4. The first-order valence-electron chi connectivity index (χ1n) is 6.22. The zero-order valence-electron chi connectivity index (χ0n) is 10.6. The Bertz CT molecular complexity index is 418. The lowest BCUT2D eigenvalue weighted by Crippen LogP contribution is -2.03. The number of hydrogen-bond acceptors (Lipinski definition) is 3. The van der Waals surface area contributed by atoms with Gasteiger partial charge in [-0.05, 0) is 31.1 Å². The van der Waals surface area contributed by atoms with Crippen LogP contribution >= 0.6 is 0 Å². The van der Waals surface area contributed by atoms with E-state index in [1.54, 1.807) is 0 Å². The summed E-state index contributed by atoms with van der Waals surface area (Å²) in [5.74, 6) is 0.864. The van der Waals surface area contributed by atoms with Crippen LogP contribution in [0, 0.1) is 11.8 Å². The van der Waals surface area contributed by atoms with Crippen molar-refractivity contribution in [3.63, 3.8) is 0 Å². The van der Waals surface area contributed by atoms with E-state index in [1.807, 2.05) is 13.8 Å². The highest BCUT2D eigenvalue weighted by molar-refractivity contribution is 5.85. The fourth-order valence-electron chi connectivity index (χ4n) is 2.05. The average Bonchev–Trinajstić information content (AvgIpc) is 2.98. The minimum atomic E-state index is -1.01. The van der Waals surface area contributed by atoms with Crippen LogP contribution in [0.2, 0.25) is 0 Å². The average molecular weight is 237 g/mol. The van der Waals surface area contributed by atoms with Crippen LogP contribution in [-0.2, 0) is 6.42 Å². The van der Waals surface area contributed by atoms with Gasteiger partial charge in [0.05, 0.1) is 5.69 Å². The molecule has 4 nitrogen and oxygen atoms in total. The van der Waals surface area contributed by atoms with Gasteiger partial charge >= 0.3 is 5.97 Å². The first-order valence-corrected chi connectivity index (χ1v) is 6.22. The van der Waals surface area contributed by atoms with Crippen molar-refractivity contribution in [2.24, 2.45) is 11.8 Å². The molecule has 1 heterocycles. The van der Waals surface area contributed by atoms with Crippen molar-refractivity contribution < 1.29 is 14.3 Å². The van der Waals surface area contributed by atoms with E-state index in [4.69, 9.17) is 9.52 Å². The SMILES string of the molecule is CC(C)Cc1nc(C(C)C2CC2)oc1C(=O)O. The third kappa shape index (κ3) is 2.68. The molecule has 0 saturated heterocycles. The number of hydrogen-bond donors (Lipinski definition) is 1. The highest BCUT2D eigenvalue weighted by Gasteiger charge is 2.33. The Balaban J connectivity index is 2.26. The molecule has 0 aromatic carbocycles. The Labute approximate surface area is 101 Å². The smallest absolute Gasteiger partial charge is 0.373 e. The molecule has 1 fully saturated rings. The zero-order valence-corrected chi connectivity index (χ0v) is 10.6. The highest BCUT2D eigenvalue weighted by atomic mass is 16.4. The number of carboxylic acids is 1. The van der Waals surface area contributed by atoms with E-state index in [1.165, 1.54) is 12.8 Å². The first kappa shape index (κ1) is 12.1. The largest absolute Gasteiger partial charge is 0.475 e. The minimum absolute atomic E-state index is 0.0289. The number of rotatable bonds is 5. The van der Waals surface area contributed by atoms with Crippen LogP contribution in [0.15, 0.2) is 4.42 Å². The number of carboxylic acid groups (broad SMARTS) is 1. The summed E-state index contributed by atoms with van der Waals surface area (Å²) in [6.45, 7) is 6.16. The molecule has 2 rings (SSSR count). The van der Waals surface area contributed by atoms with E-state index in [0.29, 0.717) is 29.8 Å². The third-order valence-corrected chi connectivity index (χ3v) is 3.23. The van der Waals surface area contributed by atoms with E-state index in [0.717, 1.165) is 0 Å². The van der Waals surface area contributed by atoms with Crippen molar-refractivity contribution in [1.29, 1.82) is 0 Å². The molecule has 1 aliphatic carbocycles. The van der Waals surface area contributed by atoms with E-state index < -0.39 is 5.97 Å². The maximum atomic E-state index is 11.1. The third-order valence-electron chi connectivity index (χ3n) is 3.23. The van der Waals surface area contributed by atoms with E-state index in [9.17, 15) is 4.79 Å². The molecular formula is C13H19NO3. The summed E-state index contributed by atoms with van der Waals surface area (Å²) in [4.78, 5) is 15.5. The molecule has 0 bridgehead atoms. The fourth-order valence-corrected chi connectivity index (χ4v) is 2.05. The van der Waals surface area contributed by atoms with Gasteiger partial charge in [0.25, 0.3) is 0 Å². The van der Waals surface area contributed by atoms with Gasteiger partial charge in [0.2, 0.25) is 5.76 Å². The maximum absolute atomic E-state index is 11.1. The van der Waals surface area contributed by atoms with Crippen LogP contribution in [0.4, 0.5) is 0 Å². The number of nitrogens with zero attached hydrogens (tertiary/aromatic N) is 1. The van der Waals surface area contributed by atoms with Crippen LogP contribution < -0.4 is 0 Å². The second-order valence-corrected chi connectivity index (χ2v) is 5.36. The van der Waals surface area contributed by atoms with Crippen molar-refractivity contribution in [3.8, 4) is 0 Å². The molecule has 0 amide bonds. The quantitative estimate of drug-likeness (QED) is 0.854. The van der Waals surface area contributed by atoms with Crippen molar-refractivity contribution in [3.05, 3.63) is 17.3 Å². The number of oxazole rings is 1. The summed E-state index contributed by atoms with van der Waals surface area (Å²) in [7, 11) is 0. The van der Waals surface area contributed by atoms with Gasteiger partial charge in [-0.2, -0.15) is 0 Å². The highest BCUT2D eigenvalue weighted by Crippen LogP contribution is 2.42. The Morgan fingerprint density at radius 1 is 1.47 bits per heavy atom. The van der Waals surface area contributed by atoms with Gasteiger partial charge in [0.15, 0.2) is 5.89 Å². The lowest BCUT2D eigenvalue weighted by molar-refractivity contribution is 0.0657. The summed E-state index contributed by atoms with van der Waals surface area (Å²) < 4.78 is 5.43. The second kappa shape index (κ2) is 4.51. The zero-order chi connectivity index (χ0) is 12.6. The van der Waals surface area contributed by atoms with Gasteiger partial charge in [-0.15, -0.1) is 0 Å². The molecule has 0 aliphatic heterocycles. The molecule has 1 N–H and O–H groups in total. The van der Waals surface area contributed by atoms with E-state index >= 15 is 0 Å². The maximum Gasteiger partial charge on any atom is 0.373 e. The number of carbonyl (C=O) groups is 1. The van der Waals surface area contributed by atoms with Gasteiger partial charge in [-0.3, -0.25) is 0 Å². The van der Waals surface area contributed by atoms with Crippen molar-refractivity contribution in [1.82, 2.24) is 4.98 Å². The molecule has 1 aromatic heterocycles. The summed E-state index contributed by atoms with van der Waals surface area (Å²) in [5.41, 5.74) is 0.593. The van der Waals surface area contributed by atoms with Crippen LogP contribution in [0.3, 0.4) is 0 Å². The van der Waals surface area contributed by atoms with Gasteiger partial charge < -0.3 is 9.52 Å². The number of aromatic nitrogens is 1. The lowest BCUT2D eigenvalue weighted by Gasteiger charge is -2.02. The predicted octanol–water partition coefficient (Wildman–Crippen LogP) is 3.08. The van der Waals surface area contributed by atoms with Crippen LogP contribution in [0.25, 0.3) is 0 Å². The predicted molar refractivity (Wildman–Crippen MR) is 63.1 cm³/mol. The van der Waals surface area contributed by atoms with Gasteiger partial charge in [0, 0.05) is 5.92 Å².